The molecule has 0 N–H and O–H groups in total. The molecule has 204 valence electrons. The van der Waals surface area contributed by atoms with Gasteiger partial charge in [0, 0.05) is 61.2 Å². The normalized spacial score (nSPS) is 17.9. The van der Waals surface area contributed by atoms with Crippen LogP contribution in [0.25, 0.3) is 11.2 Å². The fourth-order valence-corrected chi connectivity index (χ4v) is 5.15. The molecule has 1 atom stereocenters. The van der Waals surface area contributed by atoms with Crippen molar-refractivity contribution in [1.82, 2.24) is 24.6 Å². The molecule has 2 saturated heterocycles. The number of anilines is 1. The second-order valence-corrected chi connectivity index (χ2v) is 10.5. The first kappa shape index (κ1) is 26.2. The van der Waals surface area contributed by atoms with Crippen molar-refractivity contribution < 1.29 is 18.3 Å². The van der Waals surface area contributed by atoms with Crippen molar-refractivity contribution in [3.8, 4) is 5.75 Å². The summed E-state index contributed by atoms with van der Waals surface area (Å²) in [6.45, 7) is 5.08. The molecule has 2 aromatic heterocycles. The molecule has 12 heteroatoms. The van der Waals surface area contributed by atoms with Gasteiger partial charge in [-0.05, 0) is 30.7 Å². The van der Waals surface area contributed by atoms with Crippen LogP contribution in [-0.4, -0.2) is 63.5 Å². The van der Waals surface area contributed by atoms with Crippen LogP contribution in [0.4, 0.5) is 14.5 Å². The minimum absolute atomic E-state index is 0.0796. The van der Waals surface area contributed by atoms with E-state index < -0.39 is 11.6 Å². The number of aromatic nitrogens is 4. The number of rotatable bonds is 8. The van der Waals surface area contributed by atoms with E-state index in [9.17, 15) is 8.78 Å². The van der Waals surface area contributed by atoms with Gasteiger partial charge in [0.15, 0.2) is 22.4 Å². The monoisotopic (exact) mass is 574 g/mol. The Hall–Kier alpha value is -3.05. The second-order valence-electron chi connectivity index (χ2n) is 9.70. The number of imidazole rings is 1. The van der Waals surface area contributed by atoms with E-state index in [1.54, 1.807) is 24.3 Å². The Kier molecular flexibility index (Phi) is 7.53. The van der Waals surface area contributed by atoms with E-state index in [1.807, 2.05) is 0 Å². The van der Waals surface area contributed by atoms with Crippen LogP contribution in [0.2, 0.25) is 10.2 Å². The maximum atomic E-state index is 14.5. The molecule has 39 heavy (non-hydrogen) atoms. The van der Waals surface area contributed by atoms with Gasteiger partial charge in [0.1, 0.15) is 23.8 Å². The molecular formula is C27H26Cl2F2N6O2. The van der Waals surface area contributed by atoms with Crippen molar-refractivity contribution in [2.24, 2.45) is 0 Å². The fraction of sp³-hybridized carbons (Fsp3) is 0.370. The third-order valence-electron chi connectivity index (χ3n) is 7.14. The van der Waals surface area contributed by atoms with Gasteiger partial charge in [0.2, 0.25) is 0 Å². The van der Waals surface area contributed by atoms with E-state index in [0.29, 0.717) is 34.5 Å². The molecule has 4 aromatic rings. The number of ether oxygens (including phenoxy) is 2. The molecule has 0 radical (unpaired) electrons. The Morgan fingerprint density at radius 2 is 1.79 bits per heavy atom. The molecule has 2 aliphatic heterocycles. The van der Waals surface area contributed by atoms with Crippen molar-refractivity contribution in [1.29, 1.82) is 0 Å². The van der Waals surface area contributed by atoms with E-state index in [4.69, 9.17) is 37.7 Å². The highest BCUT2D eigenvalue weighted by Crippen LogP contribution is 2.28. The molecule has 0 bridgehead atoms. The summed E-state index contributed by atoms with van der Waals surface area (Å²) in [5.74, 6) is -0.00299. The summed E-state index contributed by atoms with van der Waals surface area (Å²) in [5.41, 5.74) is 2.59. The largest absolute Gasteiger partial charge is 0.486 e. The van der Waals surface area contributed by atoms with Crippen LogP contribution in [0.15, 0.2) is 42.5 Å². The van der Waals surface area contributed by atoms with Gasteiger partial charge < -0.3 is 18.9 Å². The molecule has 2 aromatic carbocycles. The summed E-state index contributed by atoms with van der Waals surface area (Å²) in [7, 11) is 0. The number of fused-ring (bicyclic) bond motifs is 1. The summed E-state index contributed by atoms with van der Waals surface area (Å²) >= 11 is 11.9. The van der Waals surface area contributed by atoms with Crippen molar-refractivity contribution >= 4 is 40.1 Å². The highest BCUT2D eigenvalue weighted by atomic mass is 35.5. The second kappa shape index (κ2) is 11.2. The molecule has 1 unspecified atom stereocenters. The van der Waals surface area contributed by atoms with Crippen molar-refractivity contribution in [2.45, 2.75) is 32.2 Å². The van der Waals surface area contributed by atoms with Crippen LogP contribution in [0.5, 0.6) is 5.75 Å². The van der Waals surface area contributed by atoms with Crippen molar-refractivity contribution in [2.75, 3.05) is 37.7 Å². The van der Waals surface area contributed by atoms with Gasteiger partial charge in [-0.25, -0.2) is 13.8 Å². The molecule has 2 fully saturated rings. The van der Waals surface area contributed by atoms with Crippen molar-refractivity contribution in [3.63, 3.8) is 0 Å². The van der Waals surface area contributed by atoms with Crippen LogP contribution in [0.3, 0.4) is 0 Å². The zero-order valence-electron chi connectivity index (χ0n) is 21.0. The zero-order valence-corrected chi connectivity index (χ0v) is 22.5. The number of hydrogen-bond donors (Lipinski definition) is 0. The lowest BCUT2D eigenvalue weighted by molar-refractivity contribution is -0.0592. The van der Waals surface area contributed by atoms with Gasteiger partial charge in [-0.2, -0.15) is 0 Å². The number of piperazine rings is 1. The SMILES string of the molecule is Fc1cc(Cl)ccc1COc1cc(N2CCN(Cc3nc4cc(Cl)nnc4n3CC3CCO3)CC2)ccc1F. The molecular weight excluding hydrogens is 549 g/mol. The van der Waals surface area contributed by atoms with Gasteiger partial charge in [-0.15, -0.1) is 10.2 Å². The Balaban J connectivity index is 1.11. The summed E-state index contributed by atoms with van der Waals surface area (Å²) in [4.78, 5) is 9.32. The summed E-state index contributed by atoms with van der Waals surface area (Å²) in [6, 6.07) is 10.8. The van der Waals surface area contributed by atoms with Crippen LogP contribution >= 0.6 is 23.2 Å². The predicted octanol–water partition coefficient (Wildman–Crippen LogP) is 5.10. The standard InChI is InChI=1S/C27H26Cl2F2N6O2/c28-18-2-1-17(22(31)11-18)16-39-24-12-19(3-4-21(24)30)36-8-6-35(7-9-36)15-26-32-23-13-25(29)33-34-27(23)37(26)14-20-5-10-38-20/h1-4,11-13,20H,5-10,14-16H2. The molecule has 0 amide bonds. The topological polar surface area (TPSA) is 68.5 Å². The lowest BCUT2D eigenvalue weighted by Gasteiger charge is -2.36. The zero-order chi connectivity index (χ0) is 26.9. The van der Waals surface area contributed by atoms with Gasteiger partial charge in [-0.1, -0.05) is 29.3 Å². The molecule has 0 aliphatic carbocycles. The molecule has 2 aliphatic rings. The van der Waals surface area contributed by atoms with Gasteiger partial charge in [-0.3, -0.25) is 4.90 Å². The first-order valence-electron chi connectivity index (χ1n) is 12.8. The minimum atomic E-state index is -0.496. The maximum absolute atomic E-state index is 14.5. The molecule has 4 heterocycles. The summed E-state index contributed by atoms with van der Waals surface area (Å²) < 4.78 is 42.0. The van der Waals surface area contributed by atoms with Crippen molar-refractivity contribution in [3.05, 3.63) is 75.7 Å². The first-order valence-corrected chi connectivity index (χ1v) is 13.5. The Morgan fingerprint density at radius 3 is 2.54 bits per heavy atom. The number of hydrogen-bond acceptors (Lipinski definition) is 7. The van der Waals surface area contributed by atoms with Crippen LogP contribution < -0.4 is 9.64 Å². The summed E-state index contributed by atoms with van der Waals surface area (Å²) in [5, 5.41) is 8.90. The van der Waals surface area contributed by atoms with Gasteiger partial charge in [0.05, 0.1) is 19.2 Å². The Labute approximate surface area is 234 Å². The van der Waals surface area contributed by atoms with E-state index in [1.165, 1.54) is 18.2 Å². The lowest BCUT2D eigenvalue weighted by Crippen LogP contribution is -2.46. The minimum Gasteiger partial charge on any atom is -0.486 e. The maximum Gasteiger partial charge on any atom is 0.182 e. The first-order chi connectivity index (χ1) is 18.9. The molecule has 0 saturated carbocycles. The highest BCUT2D eigenvalue weighted by molar-refractivity contribution is 6.30. The smallest absolute Gasteiger partial charge is 0.182 e. The Bertz CT molecular complexity index is 1490. The predicted molar refractivity (Wildman–Crippen MR) is 144 cm³/mol. The number of nitrogens with zero attached hydrogens (tertiary/aromatic N) is 6. The molecule has 0 spiro atoms. The number of halogens is 4. The average Bonchev–Trinajstić information content (AvgIpc) is 3.22. The van der Waals surface area contributed by atoms with E-state index in [2.05, 4.69) is 24.6 Å². The third kappa shape index (κ3) is 5.79. The van der Waals surface area contributed by atoms with Gasteiger partial charge in [0.25, 0.3) is 0 Å². The van der Waals surface area contributed by atoms with Gasteiger partial charge >= 0.3 is 0 Å². The lowest BCUT2D eigenvalue weighted by atomic mass is 10.2. The molecule has 8 nitrogen and oxygen atoms in total. The quantitative estimate of drug-likeness (QED) is 0.290. The fourth-order valence-electron chi connectivity index (χ4n) is 4.85. The average molecular weight is 575 g/mol. The Morgan fingerprint density at radius 1 is 0.974 bits per heavy atom. The number of benzene rings is 2. The van der Waals surface area contributed by atoms with Crippen LogP contribution in [0.1, 0.15) is 17.8 Å². The van der Waals surface area contributed by atoms with E-state index in [-0.39, 0.29) is 18.5 Å². The van der Waals surface area contributed by atoms with E-state index in [0.717, 1.165) is 56.2 Å². The van der Waals surface area contributed by atoms with Crippen LogP contribution in [-0.2, 0) is 24.4 Å². The van der Waals surface area contributed by atoms with Crippen LogP contribution in [0, 0.1) is 11.6 Å². The van der Waals surface area contributed by atoms with E-state index >= 15 is 0 Å². The summed E-state index contributed by atoms with van der Waals surface area (Å²) in [6.07, 6.45) is 1.16. The third-order valence-corrected chi connectivity index (χ3v) is 7.56. The highest BCUT2D eigenvalue weighted by Gasteiger charge is 2.25. The molecule has 6 rings (SSSR count).